The average Bonchev–Trinajstić information content (AvgIpc) is 3.43. The van der Waals surface area contributed by atoms with Crippen molar-refractivity contribution in [3.05, 3.63) is 56.3 Å². The third-order valence-electron chi connectivity index (χ3n) is 4.80. The van der Waals surface area contributed by atoms with E-state index in [1.165, 1.54) is 30.0 Å². The van der Waals surface area contributed by atoms with Crippen molar-refractivity contribution in [3.8, 4) is 0 Å². The largest absolute Gasteiger partial charge is 0.480 e. The SMILES string of the molecule is O=Cc1cc([N+](=O)[O-])ccc1S/C(=N\CC(=O)O)N(Cc1cccs1)C1CCCC1. The zero-order valence-corrected chi connectivity index (χ0v) is 17.7. The summed E-state index contributed by atoms with van der Waals surface area (Å²) in [5.74, 6) is -1.05. The topological polar surface area (TPSA) is 113 Å². The first-order valence-corrected chi connectivity index (χ1v) is 11.1. The number of non-ortho nitro benzene ring substituents is 1. The number of amidine groups is 1. The molecule has 10 heteroatoms. The minimum Gasteiger partial charge on any atom is -0.480 e. The van der Waals surface area contributed by atoms with E-state index in [4.69, 9.17) is 5.11 Å². The summed E-state index contributed by atoms with van der Waals surface area (Å²) >= 11 is 2.80. The Morgan fingerprint density at radius 3 is 2.73 bits per heavy atom. The highest BCUT2D eigenvalue weighted by molar-refractivity contribution is 8.13. The van der Waals surface area contributed by atoms with Gasteiger partial charge in [-0.1, -0.05) is 30.7 Å². The molecule has 1 heterocycles. The van der Waals surface area contributed by atoms with Gasteiger partial charge in [-0.2, -0.15) is 0 Å². The fourth-order valence-electron chi connectivity index (χ4n) is 3.39. The molecule has 3 rings (SSSR count). The number of carbonyl (C=O) groups excluding carboxylic acids is 1. The van der Waals surface area contributed by atoms with Crippen LogP contribution in [0.1, 0.15) is 40.9 Å². The molecule has 158 valence electrons. The van der Waals surface area contributed by atoms with Gasteiger partial charge in [0.25, 0.3) is 5.69 Å². The van der Waals surface area contributed by atoms with Gasteiger partial charge in [-0.3, -0.25) is 24.7 Å². The van der Waals surface area contributed by atoms with Gasteiger partial charge in [0.1, 0.15) is 6.54 Å². The summed E-state index contributed by atoms with van der Waals surface area (Å²) in [4.78, 5) is 41.3. The lowest BCUT2D eigenvalue weighted by Gasteiger charge is -2.31. The minimum atomic E-state index is -1.05. The van der Waals surface area contributed by atoms with E-state index in [1.807, 2.05) is 17.5 Å². The Hall–Kier alpha value is -2.72. The Labute approximate surface area is 181 Å². The van der Waals surface area contributed by atoms with E-state index in [2.05, 4.69) is 9.89 Å². The molecule has 8 nitrogen and oxygen atoms in total. The Kier molecular flexibility index (Phi) is 7.58. The number of thioether (sulfide) groups is 1. The lowest BCUT2D eigenvalue weighted by atomic mass is 10.2. The number of hydrogen-bond acceptors (Lipinski definition) is 7. The van der Waals surface area contributed by atoms with Crippen LogP contribution in [0.2, 0.25) is 0 Å². The molecule has 0 spiro atoms. The molecule has 2 aromatic rings. The molecule has 0 radical (unpaired) electrons. The van der Waals surface area contributed by atoms with Crippen LogP contribution in [0.25, 0.3) is 0 Å². The van der Waals surface area contributed by atoms with Gasteiger partial charge in [0.2, 0.25) is 0 Å². The molecule has 1 N–H and O–H groups in total. The van der Waals surface area contributed by atoms with Crippen molar-refractivity contribution in [1.29, 1.82) is 0 Å². The number of hydrogen-bond donors (Lipinski definition) is 1. The van der Waals surface area contributed by atoms with Crippen LogP contribution in [0.3, 0.4) is 0 Å². The summed E-state index contributed by atoms with van der Waals surface area (Å²) in [7, 11) is 0. The molecular weight excluding hydrogens is 426 g/mol. The Morgan fingerprint density at radius 2 is 2.13 bits per heavy atom. The summed E-state index contributed by atoms with van der Waals surface area (Å²) in [6.07, 6.45) is 4.74. The standard InChI is InChI=1S/C20H21N3O5S2/c24-13-14-10-16(23(27)28)7-8-18(14)30-20(21-11-19(25)26)22(15-4-1-2-5-15)12-17-6-3-9-29-17/h3,6-10,13,15H,1-2,4-5,11-12H2,(H,25,26)/b21-20-. The van der Waals surface area contributed by atoms with Crippen molar-refractivity contribution in [2.24, 2.45) is 4.99 Å². The zero-order valence-electron chi connectivity index (χ0n) is 16.1. The summed E-state index contributed by atoms with van der Waals surface area (Å²) < 4.78 is 0. The predicted octanol–water partition coefficient (Wildman–Crippen LogP) is 4.45. The molecule has 1 aliphatic rings. The number of benzene rings is 1. The number of carbonyl (C=O) groups is 2. The van der Waals surface area contributed by atoms with Crippen molar-refractivity contribution in [3.63, 3.8) is 0 Å². The number of aldehydes is 1. The van der Waals surface area contributed by atoms with Crippen LogP contribution in [0, 0.1) is 10.1 Å². The summed E-state index contributed by atoms with van der Waals surface area (Å²) in [5.41, 5.74) is 0.0106. The molecule has 0 amide bonds. The van der Waals surface area contributed by atoms with Gasteiger partial charge in [0.15, 0.2) is 11.5 Å². The number of nitro groups is 1. The van der Waals surface area contributed by atoms with Crippen molar-refractivity contribution in [1.82, 2.24) is 4.90 Å². The molecule has 1 saturated carbocycles. The Morgan fingerprint density at radius 1 is 1.37 bits per heavy atom. The van der Waals surface area contributed by atoms with Crippen LogP contribution >= 0.6 is 23.1 Å². The molecule has 0 atom stereocenters. The molecule has 0 unspecified atom stereocenters. The number of nitro benzene ring substituents is 1. The van der Waals surface area contributed by atoms with Gasteiger partial charge in [0, 0.05) is 33.5 Å². The van der Waals surface area contributed by atoms with Crippen molar-refractivity contribution in [2.45, 2.75) is 43.2 Å². The van der Waals surface area contributed by atoms with Crippen LogP contribution in [0.5, 0.6) is 0 Å². The molecular formula is C20H21N3O5S2. The van der Waals surface area contributed by atoms with Gasteiger partial charge in [0.05, 0.1) is 11.5 Å². The number of carboxylic acid groups (broad SMARTS) is 1. The van der Waals surface area contributed by atoms with Gasteiger partial charge in [-0.25, -0.2) is 0 Å². The number of rotatable bonds is 8. The highest BCUT2D eigenvalue weighted by Gasteiger charge is 2.27. The number of thiophene rings is 1. The van der Waals surface area contributed by atoms with Gasteiger partial charge < -0.3 is 10.0 Å². The molecule has 0 saturated heterocycles. The van der Waals surface area contributed by atoms with E-state index in [-0.39, 0.29) is 23.8 Å². The fourth-order valence-corrected chi connectivity index (χ4v) is 5.11. The maximum absolute atomic E-state index is 11.6. The number of aliphatic imine (C=N–C) groups is 1. The highest BCUT2D eigenvalue weighted by Crippen LogP contribution is 2.33. The summed E-state index contributed by atoms with van der Waals surface area (Å²) in [6.45, 7) is 0.205. The van der Waals surface area contributed by atoms with Crippen molar-refractivity contribution < 1.29 is 19.6 Å². The van der Waals surface area contributed by atoms with E-state index in [0.717, 1.165) is 30.6 Å². The van der Waals surface area contributed by atoms with E-state index in [1.54, 1.807) is 11.3 Å². The summed E-state index contributed by atoms with van der Waals surface area (Å²) in [5, 5.41) is 22.7. The van der Waals surface area contributed by atoms with Crippen LogP contribution in [-0.2, 0) is 11.3 Å². The molecule has 30 heavy (non-hydrogen) atoms. The quantitative estimate of drug-likeness (QED) is 0.159. The first-order chi connectivity index (χ1) is 14.5. The van der Waals surface area contributed by atoms with Crippen LogP contribution < -0.4 is 0 Å². The molecule has 1 fully saturated rings. The molecule has 1 aromatic heterocycles. The Balaban J connectivity index is 1.96. The average molecular weight is 448 g/mol. The molecule has 1 aliphatic carbocycles. The maximum Gasteiger partial charge on any atom is 0.325 e. The molecule has 1 aromatic carbocycles. The second-order valence-corrected chi connectivity index (χ2v) is 8.88. The minimum absolute atomic E-state index is 0.170. The van der Waals surface area contributed by atoms with Gasteiger partial charge in [-0.15, -0.1) is 11.3 Å². The highest BCUT2D eigenvalue weighted by atomic mass is 32.2. The third-order valence-corrected chi connectivity index (χ3v) is 6.80. The Bertz CT molecular complexity index is 940. The summed E-state index contributed by atoms with van der Waals surface area (Å²) in [6, 6.07) is 8.29. The monoisotopic (exact) mass is 447 g/mol. The fraction of sp³-hybridized carbons (Fsp3) is 0.350. The molecule has 0 bridgehead atoms. The molecule has 0 aliphatic heterocycles. The van der Waals surface area contributed by atoms with Crippen molar-refractivity contribution in [2.75, 3.05) is 6.54 Å². The van der Waals surface area contributed by atoms with E-state index in [9.17, 15) is 19.7 Å². The lowest BCUT2D eigenvalue weighted by Crippen LogP contribution is -2.37. The second kappa shape index (κ2) is 10.4. The van der Waals surface area contributed by atoms with Crippen LogP contribution in [0.15, 0.2) is 45.6 Å². The smallest absolute Gasteiger partial charge is 0.325 e. The third kappa shape index (κ3) is 5.67. The predicted molar refractivity (Wildman–Crippen MR) is 116 cm³/mol. The van der Waals surface area contributed by atoms with E-state index in [0.29, 0.717) is 22.9 Å². The number of carboxylic acids is 1. The van der Waals surface area contributed by atoms with Crippen molar-refractivity contribution >= 4 is 46.2 Å². The first-order valence-electron chi connectivity index (χ1n) is 9.44. The second-order valence-electron chi connectivity index (χ2n) is 6.84. The normalized spacial score (nSPS) is 14.6. The maximum atomic E-state index is 11.6. The zero-order chi connectivity index (χ0) is 21.5. The van der Waals surface area contributed by atoms with E-state index >= 15 is 0 Å². The van der Waals surface area contributed by atoms with Gasteiger partial charge in [-0.05, 0) is 30.4 Å². The number of aliphatic carboxylic acids is 1. The van der Waals surface area contributed by atoms with Gasteiger partial charge >= 0.3 is 5.97 Å². The van der Waals surface area contributed by atoms with Crippen LogP contribution in [-0.4, -0.2) is 44.9 Å². The van der Waals surface area contributed by atoms with Crippen LogP contribution in [0.4, 0.5) is 5.69 Å². The van der Waals surface area contributed by atoms with E-state index < -0.39 is 10.9 Å². The lowest BCUT2D eigenvalue weighted by molar-refractivity contribution is -0.384. The first kappa shape index (κ1) is 22.0. The number of nitrogens with zero attached hydrogens (tertiary/aromatic N) is 3.